The molecule has 1 aromatic rings. The van der Waals surface area contributed by atoms with Gasteiger partial charge in [-0.2, -0.15) is 0 Å². The Morgan fingerprint density at radius 2 is 1.85 bits per heavy atom. The van der Waals surface area contributed by atoms with Crippen molar-refractivity contribution in [2.24, 2.45) is 5.73 Å². The maximum absolute atomic E-state index is 11.7. The Morgan fingerprint density at radius 3 is 2.40 bits per heavy atom. The van der Waals surface area contributed by atoms with E-state index < -0.39 is 24.4 Å². The van der Waals surface area contributed by atoms with Gasteiger partial charge in [-0.25, -0.2) is 0 Å². The van der Waals surface area contributed by atoms with E-state index in [9.17, 15) is 14.4 Å². The molecule has 0 heterocycles. The minimum Gasteiger partial charge on any atom is -0.494 e. The molecule has 0 aromatic heterocycles. The largest absolute Gasteiger partial charge is 0.494 e. The quantitative estimate of drug-likeness (QED) is 0.675. The fourth-order valence-electron chi connectivity index (χ4n) is 1.33. The summed E-state index contributed by atoms with van der Waals surface area (Å²) in [6.07, 6.45) is 0. The predicted octanol–water partition coefficient (Wildman–Crippen LogP) is -0.156. The number of benzene rings is 1. The van der Waals surface area contributed by atoms with Gasteiger partial charge < -0.3 is 20.5 Å². The zero-order valence-electron chi connectivity index (χ0n) is 11.0. The van der Waals surface area contributed by atoms with Gasteiger partial charge in [-0.3, -0.25) is 14.4 Å². The molecule has 0 saturated heterocycles. The third-order valence-electron chi connectivity index (χ3n) is 2.20. The van der Waals surface area contributed by atoms with E-state index in [2.05, 4.69) is 10.1 Å². The van der Waals surface area contributed by atoms with E-state index in [0.717, 1.165) is 0 Å². The van der Waals surface area contributed by atoms with Crippen molar-refractivity contribution in [1.82, 2.24) is 5.32 Å². The maximum Gasteiger partial charge on any atom is 0.325 e. The second-order valence-electron chi connectivity index (χ2n) is 3.77. The number of nitrogens with one attached hydrogen (secondary N) is 1. The molecule has 7 heteroatoms. The lowest BCUT2D eigenvalue weighted by Crippen LogP contribution is -2.32. The predicted molar refractivity (Wildman–Crippen MR) is 70.1 cm³/mol. The summed E-state index contributed by atoms with van der Waals surface area (Å²) in [5.74, 6) is -1.26. The first-order chi connectivity index (χ1) is 9.52. The Bertz CT molecular complexity index is 484. The molecule has 0 unspecified atom stereocenters. The summed E-state index contributed by atoms with van der Waals surface area (Å²) in [5, 5.41) is 2.37. The summed E-state index contributed by atoms with van der Waals surface area (Å²) in [6, 6.07) is 6.47. The highest BCUT2D eigenvalue weighted by Crippen LogP contribution is 2.11. The molecule has 7 nitrogen and oxygen atoms in total. The lowest BCUT2D eigenvalue weighted by Gasteiger charge is -2.06. The molecule has 0 radical (unpaired) electrons. The number of ether oxygens (including phenoxy) is 2. The third kappa shape index (κ3) is 5.38. The highest BCUT2D eigenvalue weighted by Gasteiger charge is 2.09. The number of rotatable bonds is 7. The third-order valence-corrected chi connectivity index (χ3v) is 2.20. The van der Waals surface area contributed by atoms with E-state index in [-0.39, 0.29) is 6.54 Å². The highest BCUT2D eigenvalue weighted by atomic mass is 16.5. The molecule has 2 amide bonds. The van der Waals surface area contributed by atoms with E-state index in [0.29, 0.717) is 17.9 Å². The maximum atomic E-state index is 11.7. The van der Waals surface area contributed by atoms with Crippen LogP contribution >= 0.6 is 0 Å². The number of amides is 2. The van der Waals surface area contributed by atoms with Crippen molar-refractivity contribution in [2.75, 3.05) is 19.8 Å². The molecule has 0 aliphatic heterocycles. The normalized spacial score (nSPS) is 9.65. The smallest absolute Gasteiger partial charge is 0.325 e. The van der Waals surface area contributed by atoms with E-state index in [4.69, 9.17) is 10.5 Å². The van der Waals surface area contributed by atoms with Crippen LogP contribution in [-0.4, -0.2) is 37.5 Å². The Hall–Kier alpha value is -2.57. The van der Waals surface area contributed by atoms with Crippen molar-refractivity contribution in [2.45, 2.75) is 6.92 Å². The monoisotopic (exact) mass is 280 g/mol. The Kier molecular flexibility index (Phi) is 6.02. The van der Waals surface area contributed by atoms with Crippen molar-refractivity contribution in [3.63, 3.8) is 0 Å². The second-order valence-corrected chi connectivity index (χ2v) is 3.77. The lowest BCUT2D eigenvalue weighted by atomic mass is 10.2. The minimum atomic E-state index is -0.754. The van der Waals surface area contributed by atoms with E-state index in [1.54, 1.807) is 24.3 Å². The van der Waals surface area contributed by atoms with Crippen molar-refractivity contribution < 1.29 is 23.9 Å². The first-order valence-corrected chi connectivity index (χ1v) is 5.98. The molecule has 0 saturated carbocycles. The first-order valence-electron chi connectivity index (χ1n) is 5.98. The standard InChI is InChI=1S/C13H16N2O5/c1-2-19-10-5-3-9(4-6-10)13(18)15-7-12(17)20-8-11(14)16/h3-6H,2,7-8H2,1H3,(H2,14,16)(H,15,18). The van der Waals surface area contributed by atoms with E-state index in [1.807, 2.05) is 6.92 Å². The van der Waals surface area contributed by atoms with Gasteiger partial charge in [0.25, 0.3) is 11.8 Å². The van der Waals surface area contributed by atoms with Gasteiger partial charge in [-0.1, -0.05) is 0 Å². The van der Waals surface area contributed by atoms with Crippen LogP contribution in [0.5, 0.6) is 5.75 Å². The van der Waals surface area contributed by atoms with Gasteiger partial charge in [0.2, 0.25) is 0 Å². The summed E-state index contributed by atoms with van der Waals surface area (Å²) >= 11 is 0. The molecule has 0 aliphatic carbocycles. The molecule has 0 spiro atoms. The zero-order valence-corrected chi connectivity index (χ0v) is 11.0. The van der Waals surface area contributed by atoms with Gasteiger partial charge in [0.15, 0.2) is 6.61 Å². The van der Waals surface area contributed by atoms with Crippen LogP contribution in [0.15, 0.2) is 24.3 Å². The highest BCUT2D eigenvalue weighted by molar-refractivity contribution is 5.96. The number of primary amides is 1. The Balaban J connectivity index is 2.42. The van der Waals surface area contributed by atoms with Gasteiger partial charge in [-0.05, 0) is 31.2 Å². The average molecular weight is 280 g/mol. The average Bonchev–Trinajstić information content (AvgIpc) is 2.43. The van der Waals surface area contributed by atoms with Crippen LogP contribution in [0.25, 0.3) is 0 Å². The first kappa shape index (κ1) is 15.5. The zero-order chi connectivity index (χ0) is 15.0. The molecule has 3 N–H and O–H groups in total. The molecular formula is C13H16N2O5. The number of esters is 1. The summed E-state index contributed by atoms with van der Waals surface area (Å²) in [5.41, 5.74) is 5.20. The molecule has 108 valence electrons. The molecule has 20 heavy (non-hydrogen) atoms. The molecule has 1 aromatic carbocycles. The van der Waals surface area contributed by atoms with E-state index >= 15 is 0 Å². The Morgan fingerprint density at radius 1 is 1.20 bits per heavy atom. The number of carbonyl (C=O) groups is 3. The van der Waals surface area contributed by atoms with Crippen molar-refractivity contribution in [1.29, 1.82) is 0 Å². The minimum absolute atomic E-state index is 0.334. The van der Waals surface area contributed by atoms with E-state index in [1.165, 1.54) is 0 Å². The van der Waals surface area contributed by atoms with Gasteiger partial charge in [0.05, 0.1) is 6.61 Å². The molecule has 0 atom stereocenters. The van der Waals surface area contributed by atoms with Crippen LogP contribution in [0.2, 0.25) is 0 Å². The van der Waals surface area contributed by atoms with Gasteiger partial charge in [0, 0.05) is 5.56 Å². The van der Waals surface area contributed by atoms with Gasteiger partial charge in [0.1, 0.15) is 12.3 Å². The summed E-state index contributed by atoms with van der Waals surface area (Å²) < 4.78 is 9.74. The van der Waals surface area contributed by atoms with Crippen LogP contribution in [0.3, 0.4) is 0 Å². The van der Waals surface area contributed by atoms with Crippen molar-refractivity contribution in [3.05, 3.63) is 29.8 Å². The topological polar surface area (TPSA) is 108 Å². The van der Waals surface area contributed by atoms with Crippen molar-refractivity contribution >= 4 is 17.8 Å². The van der Waals surface area contributed by atoms with Gasteiger partial charge >= 0.3 is 5.97 Å². The summed E-state index contributed by atoms with van der Waals surface area (Å²) in [6.45, 7) is 1.56. The van der Waals surface area contributed by atoms with Crippen LogP contribution in [-0.2, 0) is 14.3 Å². The number of hydrogen-bond donors (Lipinski definition) is 2. The molecule has 0 fully saturated rings. The number of carbonyl (C=O) groups excluding carboxylic acids is 3. The van der Waals surface area contributed by atoms with Crippen LogP contribution in [0.4, 0.5) is 0 Å². The molecular weight excluding hydrogens is 264 g/mol. The summed E-state index contributed by atoms with van der Waals surface area (Å²) in [4.78, 5) is 33.3. The fraction of sp³-hybridized carbons (Fsp3) is 0.308. The van der Waals surface area contributed by atoms with Crippen molar-refractivity contribution in [3.8, 4) is 5.75 Å². The second kappa shape index (κ2) is 7.78. The lowest BCUT2D eigenvalue weighted by molar-refractivity contribution is -0.146. The van der Waals surface area contributed by atoms with Crippen LogP contribution in [0.1, 0.15) is 17.3 Å². The fourth-order valence-corrected chi connectivity index (χ4v) is 1.33. The molecule has 0 bridgehead atoms. The summed E-state index contributed by atoms with van der Waals surface area (Å²) in [7, 11) is 0. The number of hydrogen-bond acceptors (Lipinski definition) is 5. The SMILES string of the molecule is CCOc1ccc(C(=O)NCC(=O)OCC(N)=O)cc1. The number of nitrogens with two attached hydrogens (primary N) is 1. The molecule has 0 aliphatic rings. The Labute approximate surface area is 116 Å². The van der Waals surface area contributed by atoms with Crippen LogP contribution < -0.4 is 15.8 Å². The van der Waals surface area contributed by atoms with Crippen LogP contribution in [0, 0.1) is 0 Å². The van der Waals surface area contributed by atoms with Gasteiger partial charge in [-0.15, -0.1) is 0 Å². The molecule has 1 rings (SSSR count).